The fraction of sp³-hybridized carbons (Fsp3) is 0.143. The zero-order valence-corrected chi connectivity index (χ0v) is 13.7. The number of methoxy groups -OCH3 is 2. The second kappa shape index (κ2) is 6.57. The van der Waals surface area contributed by atoms with Crippen LogP contribution in [0.5, 0.6) is 11.5 Å². The summed E-state index contributed by atoms with van der Waals surface area (Å²) in [6.07, 6.45) is 0. The van der Waals surface area contributed by atoms with Crippen molar-refractivity contribution in [3.8, 4) is 33.8 Å². The van der Waals surface area contributed by atoms with Gasteiger partial charge in [0.15, 0.2) is 0 Å². The van der Waals surface area contributed by atoms with E-state index in [2.05, 4.69) is 37.3 Å². The molecule has 0 aliphatic heterocycles. The summed E-state index contributed by atoms with van der Waals surface area (Å²) in [5.74, 6) is 1.74. The number of hydrogen-bond donors (Lipinski definition) is 0. The van der Waals surface area contributed by atoms with Crippen LogP contribution in [0.4, 0.5) is 0 Å². The van der Waals surface area contributed by atoms with Gasteiger partial charge in [-0.05, 0) is 35.7 Å². The molecule has 2 nitrogen and oxygen atoms in total. The van der Waals surface area contributed by atoms with Crippen LogP contribution in [0.3, 0.4) is 0 Å². The fourth-order valence-electron chi connectivity index (χ4n) is 2.97. The van der Waals surface area contributed by atoms with Crippen molar-refractivity contribution < 1.29 is 9.47 Å². The van der Waals surface area contributed by atoms with Gasteiger partial charge < -0.3 is 9.47 Å². The summed E-state index contributed by atoms with van der Waals surface area (Å²) < 4.78 is 11.1. The van der Waals surface area contributed by atoms with E-state index in [1.807, 2.05) is 36.4 Å². The molecule has 0 aliphatic rings. The first-order valence-corrected chi connectivity index (χ1v) is 7.62. The Morgan fingerprint density at radius 2 is 1.09 bits per heavy atom. The maximum Gasteiger partial charge on any atom is 0.126 e. The molecule has 0 fully saturated rings. The highest BCUT2D eigenvalue weighted by molar-refractivity contribution is 5.90. The largest absolute Gasteiger partial charge is 0.496 e. The van der Waals surface area contributed by atoms with E-state index < -0.39 is 0 Å². The number of benzene rings is 3. The maximum atomic E-state index is 5.57. The Labute approximate surface area is 137 Å². The van der Waals surface area contributed by atoms with Crippen LogP contribution in [0, 0.1) is 6.92 Å². The SMILES string of the molecule is COc1ccccc1-c1cccc(C)c1-c1ccccc1OC. The normalized spacial score (nSPS) is 10.4. The van der Waals surface area contributed by atoms with Gasteiger partial charge in [0.2, 0.25) is 0 Å². The molecule has 116 valence electrons. The Kier molecular flexibility index (Phi) is 4.33. The number of rotatable bonds is 4. The molecule has 0 unspecified atom stereocenters. The summed E-state index contributed by atoms with van der Waals surface area (Å²) in [7, 11) is 3.41. The molecule has 0 heterocycles. The molecule has 0 aliphatic carbocycles. The van der Waals surface area contributed by atoms with E-state index in [0.717, 1.165) is 28.2 Å². The van der Waals surface area contributed by atoms with Gasteiger partial charge in [-0.3, -0.25) is 0 Å². The predicted octanol–water partition coefficient (Wildman–Crippen LogP) is 5.35. The van der Waals surface area contributed by atoms with Crippen LogP contribution in [0.2, 0.25) is 0 Å². The highest BCUT2D eigenvalue weighted by Gasteiger charge is 2.16. The van der Waals surface area contributed by atoms with E-state index in [1.54, 1.807) is 14.2 Å². The molecule has 0 atom stereocenters. The van der Waals surface area contributed by atoms with Gasteiger partial charge in [0.1, 0.15) is 11.5 Å². The van der Waals surface area contributed by atoms with E-state index in [0.29, 0.717) is 0 Å². The Bertz CT molecular complexity index is 822. The molecule has 0 amide bonds. The zero-order valence-electron chi connectivity index (χ0n) is 13.7. The number of ether oxygens (including phenoxy) is 2. The summed E-state index contributed by atoms with van der Waals surface area (Å²) >= 11 is 0. The van der Waals surface area contributed by atoms with Crippen molar-refractivity contribution in [2.45, 2.75) is 6.92 Å². The lowest BCUT2D eigenvalue weighted by molar-refractivity contribution is 0.416. The summed E-state index contributed by atoms with van der Waals surface area (Å²) in [5.41, 5.74) is 5.70. The first kappa shape index (κ1) is 15.2. The van der Waals surface area contributed by atoms with Crippen LogP contribution in [0.1, 0.15) is 5.56 Å². The van der Waals surface area contributed by atoms with Crippen molar-refractivity contribution in [1.82, 2.24) is 0 Å². The second-order valence-corrected chi connectivity index (χ2v) is 5.40. The van der Waals surface area contributed by atoms with Crippen molar-refractivity contribution in [2.24, 2.45) is 0 Å². The van der Waals surface area contributed by atoms with Crippen LogP contribution in [0.15, 0.2) is 66.7 Å². The third-order valence-corrected chi connectivity index (χ3v) is 4.05. The Morgan fingerprint density at radius 1 is 0.565 bits per heavy atom. The molecule has 0 saturated carbocycles. The third-order valence-electron chi connectivity index (χ3n) is 4.05. The van der Waals surface area contributed by atoms with Crippen molar-refractivity contribution in [3.63, 3.8) is 0 Å². The maximum absolute atomic E-state index is 5.57. The molecule has 2 heteroatoms. The Balaban J connectivity index is 2.30. The van der Waals surface area contributed by atoms with Crippen LogP contribution in [-0.4, -0.2) is 14.2 Å². The molecule has 0 saturated heterocycles. The molecule has 0 radical (unpaired) electrons. The molecule has 3 rings (SSSR count). The summed E-state index contributed by atoms with van der Waals surface area (Å²) in [6, 6.07) is 22.6. The van der Waals surface area contributed by atoms with Crippen molar-refractivity contribution in [2.75, 3.05) is 14.2 Å². The molecule has 0 aromatic heterocycles. The molecule has 3 aromatic rings. The number of para-hydroxylation sites is 2. The minimum absolute atomic E-state index is 0.870. The quantitative estimate of drug-likeness (QED) is 0.647. The van der Waals surface area contributed by atoms with Gasteiger partial charge in [0, 0.05) is 11.1 Å². The monoisotopic (exact) mass is 304 g/mol. The van der Waals surface area contributed by atoms with Crippen molar-refractivity contribution >= 4 is 0 Å². The second-order valence-electron chi connectivity index (χ2n) is 5.40. The highest BCUT2D eigenvalue weighted by atomic mass is 16.5. The standard InChI is InChI=1S/C21H20O2/c1-15-9-8-12-17(16-10-4-6-13-19(16)22-2)21(15)18-11-5-7-14-20(18)23-3/h4-14H,1-3H3. The first-order valence-electron chi connectivity index (χ1n) is 7.62. The van der Waals surface area contributed by atoms with Crippen LogP contribution in [-0.2, 0) is 0 Å². The van der Waals surface area contributed by atoms with Gasteiger partial charge in [-0.15, -0.1) is 0 Å². The lowest BCUT2D eigenvalue weighted by Crippen LogP contribution is -1.94. The molecular weight excluding hydrogens is 284 g/mol. The topological polar surface area (TPSA) is 18.5 Å². The van der Waals surface area contributed by atoms with E-state index in [9.17, 15) is 0 Å². The smallest absolute Gasteiger partial charge is 0.126 e. The minimum atomic E-state index is 0.870. The average molecular weight is 304 g/mol. The Morgan fingerprint density at radius 3 is 1.74 bits per heavy atom. The van der Waals surface area contributed by atoms with E-state index in [4.69, 9.17) is 9.47 Å². The van der Waals surface area contributed by atoms with Gasteiger partial charge in [-0.2, -0.15) is 0 Å². The van der Waals surface area contributed by atoms with Crippen LogP contribution in [0.25, 0.3) is 22.3 Å². The van der Waals surface area contributed by atoms with Gasteiger partial charge in [-0.25, -0.2) is 0 Å². The van der Waals surface area contributed by atoms with Crippen LogP contribution < -0.4 is 9.47 Å². The van der Waals surface area contributed by atoms with Crippen molar-refractivity contribution in [1.29, 1.82) is 0 Å². The summed E-state index contributed by atoms with van der Waals surface area (Å²) in [5, 5.41) is 0. The zero-order chi connectivity index (χ0) is 16.2. The minimum Gasteiger partial charge on any atom is -0.496 e. The molecule has 0 bridgehead atoms. The van der Waals surface area contributed by atoms with Gasteiger partial charge in [-0.1, -0.05) is 54.6 Å². The average Bonchev–Trinajstić information content (AvgIpc) is 2.61. The molecule has 0 N–H and O–H groups in total. The van der Waals surface area contributed by atoms with E-state index in [-0.39, 0.29) is 0 Å². The number of hydrogen-bond acceptors (Lipinski definition) is 2. The van der Waals surface area contributed by atoms with Crippen molar-refractivity contribution in [3.05, 3.63) is 72.3 Å². The molecule has 3 aromatic carbocycles. The lowest BCUT2D eigenvalue weighted by atomic mass is 9.90. The molecule has 23 heavy (non-hydrogen) atoms. The van der Waals surface area contributed by atoms with Crippen LogP contribution >= 0.6 is 0 Å². The van der Waals surface area contributed by atoms with Gasteiger partial charge in [0.25, 0.3) is 0 Å². The van der Waals surface area contributed by atoms with E-state index >= 15 is 0 Å². The first-order chi connectivity index (χ1) is 11.3. The summed E-state index contributed by atoms with van der Waals surface area (Å²) in [4.78, 5) is 0. The number of aryl methyl sites for hydroxylation is 1. The van der Waals surface area contributed by atoms with E-state index in [1.165, 1.54) is 11.1 Å². The summed E-state index contributed by atoms with van der Waals surface area (Å²) in [6.45, 7) is 2.13. The van der Waals surface area contributed by atoms with Gasteiger partial charge >= 0.3 is 0 Å². The molecular formula is C21H20O2. The predicted molar refractivity (Wildman–Crippen MR) is 95.2 cm³/mol. The lowest BCUT2D eigenvalue weighted by Gasteiger charge is -2.17. The van der Waals surface area contributed by atoms with Gasteiger partial charge in [0.05, 0.1) is 14.2 Å². The highest BCUT2D eigenvalue weighted by Crippen LogP contribution is 2.41. The molecule has 0 spiro atoms. The fourth-order valence-corrected chi connectivity index (χ4v) is 2.97. The third kappa shape index (κ3) is 2.80. The Hall–Kier alpha value is -2.74.